The molecule has 5 heteroatoms. The van der Waals surface area contributed by atoms with E-state index >= 15 is 0 Å². The molecule has 0 aliphatic heterocycles. The van der Waals surface area contributed by atoms with Crippen LogP contribution in [0, 0.1) is 0 Å². The molecule has 0 spiro atoms. The molecule has 3 aromatic rings. The molecular weight excluding hydrogens is 298 g/mol. The van der Waals surface area contributed by atoms with Gasteiger partial charge in [-0.2, -0.15) is 0 Å². The summed E-state index contributed by atoms with van der Waals surface area (Å²) in [5.41, 5.74) is 3.15. The van der Waals surface area contributed by atoms with E-state index in [0.717, 1.165) is 21.8 Å². The summed E-state index contributed by atoms with van der Waals surface area (Å²) in [6.45, 7) is 0. The van der Waals surface area contributed by atoms with Crippen molar-refractivity contribution in [1.82, 2.24) is 4.98 Å². The fourth-order valence-electron chi connectivity index (χ4n) is 2.07. The number of aromatic hydroxyl groups is 1. The first-order chi connectivity index (χ1) is 10.7. The van der Waals surface area contributed by atoms with Gasteiger partial charge in [-0.1, -0.05) is 24.3 Å². The second kappa shape index (κ2) is 5.99. The maximum absolute atomic E-state index is 11.4. The van der Waals surface area contributed by atoms with Crippen LogP contribution in [-0.4, -0.2) is 23.2 Å². The van der Waals surface area contributed by atoms with Gasteiger partial charge in [0.1, 0.15) is 10.8 Å². The number of carbonyl (C=O) groups excluding carboxylic acids is 1. The van der Waals surface area contributed by atoms with Gasteiger partial charge < -0.3 is 9.84 Å². The molecule has 0 atom stereocenters. The Bertz CT molecular complexity index is 809. The Morgan fingerprint density at radius 2 is 1.91 bits per heavy atom. The van der Waals surface area contributed by atoms with Gasteiger partial charge in [0.2, 0.25) is 0 Å². The number of phenolic OH excluding ortho intramolecular Hbond substituents is 1. The lowest BCUT2D eigenvalue weighted by atomic mass is 10.1. The third-order valence-corrected chi connectivity index (χ3v) is 4.09. The molecule has 0 unspecified atom stereocenters. The van der Waals surface area contributed by atoms with E-state index in [1.807, 2.05) is 23.6 Å². The van der Waals surface area contributed by atoms with Crippen LogP contribution in [0.5, 0.6) is 5.75 Å². The van der Waals surface area contributed by atoms with Gasteiger partial charge in [0.25, 0.3) is 0 Å². The van der Waals surface area contributed by atoms with Crippen molar-refractivity contribution in [2.24, 2.45) is 0 Å². The van der Waals surface area contributed by atoms with E-state index in [1.54, 1.807) is 30.3 Å². The Kier molecular flexibility index (Phi) is 3.89. The van der Waals surface area contributed by atoms with Crippen LogP contribution < -0.4 is 0 Å². The Morgan fingerprint density at radius 1 is 1.14 bits per heavy atom. The van der Waals surface area contributed by atoms with Crippen molar-refractivity contribution >= 4 is 17.3 Å². The molecule has 0 aliphatic rings. The zero-order valence-electron chi connectivity index (χ0n) is 11.8. The lowest BCUT2D eigenvalue weighted by Crippen LogP contribution is -2.00. The summed E-state index contributed by atoms with van der Waals surface area (Å²) in [6.07, 6.45) is 0. The van der Waals surface area contributed by atoms with Crippen LogP contribution in [0.2, 0.25) is 0 Å². The number of rotatable bonds is 3. The van der Waals surface area contributed by atoms with Crippen LogP contribution in [0.15, 0.2) is 53.9 Å². The van der Waals surface area contributed by atoms with Gasteiger partial charge in [-0.15, -0.1) is 11.3 Å². The molecule has 0 aliphatic carbocycles. The molecule has 4 nitrogen and oxygen atoms in total. The first kappa shape index (κ1) is 14.3. The molecule has 0 amide bonds. The lowest BCUT2D eigenvalue weighted by molar-refractivity contribution is 0.0601. The molecule has 0 fully saturated rings. The highest BCUT2D eigenvalue weighted by molar-refractivity contribution is 7.13. The largest absolute Gasteiger partial charge is 0.508 e. The number of aromatic nitrogens is 1. The first-order valence-electron chi connectivity index (χ1n) is 6.61. The summed E-state index contributed by atoms with van der Waals surface area (Å²) in [6, 6.07) is 14.1. The minimum absolute atomic E-state index is 0.219. The zero-order valence-corrected chi connectivity index (χ0v) is 12.6. The molecule has 1 N–H and O–H groups in total. The molecule has 22 heavy (non-hydrogen) atoms. The van der Waals surface area contributed by atoms with E-state index < -0.39 is 0 Å². The third kappa shape index (κ3) is 2.84. The maximum Gasteiger partial charge on any atom is 0.337 e. The summed E-state index contributed by atoms with van der Waals surface area (Å²) >= 11 is 1.51. The van der Waals surface area contributed by atoms with Crippen molar-refractivity contribution in [2.45, 2.75) is 0 Å². The van der Waals surface area contributed by atoms with E-state index in [1.165, 1.54) is 18.4 Å². The fourth-order valence-corrected chi connectivity index (χ4v) is 2.90. The predicted molar refractivity (Wildman–Crippen MR) is 86.0 cm³/mol. The second-order valence-electron chi connectivity index (χ2n) is 4.66. The monoisotopic (exact) mass is 311 g/mol. The van der Waals surface area contributed by atoms with E-state index in [-0.39, 0.29) is 11.7 Å². The molecule has 1 aromatic heterocycles. The first-order valence-corrected chi connectivity index (χ1v) is 7.49. The van der Waals surface area contributed by atoms with Crippen molar-refractivity contribution in [3.8, 4) is 27.6 Å². The van der Waals surface area contributed by atoms with Crippen LogP contribution in [0.4, 0.5) is 0 Å². The number of benzene rings is 2. The number of hydrogen-bond acceptors (Lipinski definition) is 5. The maximum atomic E-state index is 11.4. The summed E-state index contributed by atoms with van der Waals surface area (Å²) in [5.74, 6) is -0.137. The minimum Gasteiger partial charge on any atom is -0.508 e. The Hall–Kier alpha value is -2.66. The number of methoxy groups -OCH3 is 1. The Morgan fingerprint density at radius 3 is 2.59 bits per heavy atom. The molecule has 3 rings (SSSR count). The van der Waals surface area contributed by atoms with Crippen molar-refractivity contribution in [3.05, 3.63) is 59.5 Å². The SMILES string of the molecule is COC(=O)c1ccc(-c2csc(-c3cccc(O)c3)n2)cc1. The predicted octanol–water partition coefficient (Wildman–Crippen LogP) is 3.97. The molecule has 0 radical (unpaired) electrons. The van der Waals surface area contributed by atoms with Gasteiger partial charge in [0, 0.05) is 16.5 Å². The van der Waals surface area contributed by atoms with Crippen LogP contribution >= 0.6 is 11.3 Å². The highest BCUT2D eigenvalue weighted by atomic mass is 32.1. The molecule has 0 saturated carbocycles. The van der Waals surface area contributed by atoms with Crippen LogP contribution in [-0.2, 0) is 4.74 Å². The fraction of sp³-hybridized carbons (Fsp3) is 0.0588. The molecule has 0 saturated heterocycles. The third-order valence-electron chi connectivity index (χ3n) is 3.20. The zero-order chi connectivity index (χ0) is 15.5. The van der Waals surface area contributed by atoms with Gasteiger partial charge >= 0.3 is 5.97 Å². The van der Waals surface area contributed by atoms with Crippen molar-refractivity contribution in [3.63, 3.8) is 0 Å². The van der Waals surface area contributed by atoms with Gasteiger partial charge in [0.05, 0.1) is 18.4 Å². The second-order valence-corrected chi connectivity index (χ2v) is 5.52. The number of hydrogen-bond donors (Lipinski definition) is 1. The molecule has 0 bridgehead atoms. The summed E-state index contributed by atoms with van der Waals surface area (Å²) < 4.78 is 4.68. The van der Waals surface area contributed by atoms with Crippen LogP contribution in [0.25, 0.3) is 21.8 Å². The lowest BCUT2D eigenvalue weighted by Gasteiger charge is -2.01. The minimum atomic E-state index is -0.356. The molecule has 2 aromatic carbocycles. The van der Waals surface area contributed by atoms with E-state index in [9.17, 15) is 9.90 Å². The number of ether oxygens (including phenoxy) is 1. The summed E-state index contributed by atoms with van der Waals surface area (Å²) in [4.78, 5) is 16.0. The Labute approximate surface area is 131 Å². The topological polar surface area (TPSA) is 59.4 Å². The highest BCUT2D eigenvalue weighted by Gasteiger charge is 2.09. The van der Waals surface area contributed by atoms with Gasteiger partial charge in [-0.3, -0.25) is 0 Å². The summed E-state index contributed by atoms with van der Waals surface area (Å²) in [7, 11) is 1.36. The van der Waals surface area contributed by atoms with Gasteiger partial charge in [0.15, 0.2) is 0 Å². The van der Waals surface area contributed by atoms with Crippen molar-refractivity contribution < 1.29 is 14.6 Å². The quantitative estimate of drug-likeness (QED) is 0.744. The molecular formula is C17H13NO3S. The molecule has 1 heterocycles. The average Bonchev–Trinajstić information content (AvgIpc) is 3.04. The smallest absolute Gasteiger partial charge is 0.337 e. The summed E-state index contributed by atoms with van der Waals surface area (Å²) in [5, 5.41) is 12.3. The normalized spacial score (nSPS) is 10.4. The van der Waals surface area contributed by atoms with E-state index in [2.05, 4.69) is 9.72 Å². The number of carbonyl (C=O) groups is 1. The van der Waals surface area contributed by atoms with Gasteiger partial charge in [-0.25, -0.2) is 9.78 Å². The number of esters is 1. The van der Waals surface area contributed by atoms with E-state index in [4.69, 9.17) is 0 Å². The number of phenols is 1. The van der Waals surface area contributed by atoms with Crippen LogP contribution in [0.3, 0.4) is 0 Å². The number of thiazole rings is 1. The highest BCUT2D eigenvalue weighted by Crippen LogP contribution is 2.30. The Balaban J connectivity index is 1.89. The number of nitrogens with zero attached hydrogens (tertiary/aromatic N) is 1. The average molecular weight is 311 g/mol. The van der Waals surface area contributed by atoms with E-state index in [0.29, 0.717) is 5.56 Å². The van der Waals surface area contributed by atoms with Crippen molar-refractivity contribution in [2.75, 3.05) is 7.11 Å². The van der Waals surface area contributed by atoms with Crippen molar-refractivity contribution in [1.29, 1.82) is 0 Å². The molecule has 110 valence electrons. The van der Waals surface area contributed by atoms with Gasteiger partial charge in [-0.05, 0) is 24.3 Å². The van der Waals surface area contributed by atoms with Crippen LogP contribution in [0.1, 0.15) is 10.4 Å². The standard InChI is InChI=1S/C17H13NO3S/c1-21-17(20)12-7-5-11(6-8-12)15-10-22-16(18-15)13-3-2-4-14(19)9-13/h2-10,19H,1H3.